The first kappa shape index (κ1) is 15.5. The van der Waals surface area contributed by atoms with Gasteiger partial charge in [0.05, 0.1) is 0 Å². The molecule has 0 aromatic rings. The number of Topliss-reactive ketones (excluding diaryl/α,β-unsaturated/α-hetero) is 1. The maximum absolute atomic E-state index is 12.1. The summed E-state index contributed by atoms with van der Waals surface area (Å²) in [6.07, 6.45) is -2.02. The van der Waals surface area contributed by atoms with Gasteiger partial charge in [-0.05, 0) is 31.6 Å². The van der Waals surface area contributed by atoms with Crippen LogP contribution in [0, 0.1) is 5.92 Å². The number of halogens is 3. The molecule has 1 saturated carbocycles. The summed E-state index contributed by atoms with van der Waals surface area (Å²) in [5, 5.41) is 0. The van der Waals surface area contributed by atoms with Crippen molar-refractivity contribution in [2.45, 2.75) is 63.6 Å². The molecule has 2 unspecified atom stereocenters. The van der Waals surface area contributed by atoms with E-state index >= 15 is 0 Å². The zero-order valence-electron chi connectivity index (χ0n) is 11.0. The molecule has 5 heteroatoms. The summed E-state index contributed by atoms with van der Waals surface area (Å²) < 4.78 is 41.5. The van der Waals surface area contributed by atoms with E-state index in [0.29, 0.717) is 18.8 Å². The number of hydrogen-bond donors (Lipinski definition) is 0. The number of methoxy groups -OCH3 is 1. The van der Waals surface area contributed by atoms with Crippen molar-refractivity contribution < 1.29 is 22.7 Å². The Bertz CT molecular complexity index is 288. The van der Waals surface area contributed by atoms with Crippen molar-refractivity contribution in [3.8, 4) is 0 Å². The lowest BCUT2D eigenvalue weighted by atomic mass is 9.75. The highest BCUT2D eigenvalue weighted by molar-refractivity contribution is 5.87. The van der Waals surface area contributed by atoms with E-state index in [4.69, 9.17) is 4.74 Å². The summed E-state index contributed by atoms with van der Waals surface area (Å²) in [6, 6.07) is 0. The van der Waals surface area contributed by atoms with Crippen molar-refractivity contribution in [1.82, 2.24) is 0 Å². The number of alkyl halides is 3. The van der Waals surface area contributed by atoms with Gasteiger partial charge in [0, 0.05) is 20.0 Å². The first-order chi connectivity index (χ1) is 8.29. The van der Waals surface area contributed by atoms with Crippen molar-refractivity contribution in [3.05, 3.63) is 0 Å². The molecular weight excluding hydrogens is 245 g/mol. The monoisotopic (exact) mass is 266 g/mol. The molecule has 0 N–H and O–H groups in total. The number of ether oxygens (including phenoxy) is 1. The van der Waals surface area contributed by atoms with Gasteiger partial charge in [-0.2, -0.15) is 13.2 Å². The van der Waals surface area contributed by atoms with Gasteiger partial charge >= 0.3 is 6.18 Å². The summed E-state index contributed by atoms with van der Waals surface area (Å²) in [5.41, 5.74) is -0.830. The third-order valence-corrected chi connectivity index (χ3v) is 3.72. The van der Waals surface area contributed by atoms with Gasteiger partial charge in [-0.25, -0.2) is 0 Å². The Balaban J connectivity index is 2.51. The molecule has 0 spiro atoms. The highest BCUT2D eigenvalue weighted by atomic mass is 19.4. The molecule has 0 aliphatic heterocycles. The van der Waals surface area contributed by atoms with Crippen LogP contribution in [0.3, 0.4) is 0 Å². The maximum atomic E-state index is 12.1. The van der Waals surface area contributed by atoms with E-state index in [2.05, 4.69) is 6.92 Å². The first-order valence-electron chi connectivity index (χ1n) is 6.44. The van der Waals surface area contributed by atoms with Crippen LogP contribution in [0.1, 0.15) is 51.9 Å². The molecule has 106 valence electrons. The third kappa shape index (κ3) is 4.26. The SMILES string of the molecule is COC1(C(=O)CCCC(F)(F)F)CCCC(C)C1. The number of rotatable bonds is 5. The number of carbonyl (C=O) groups is 1. The standard InChI is InChI=1S/C13H21F3O2/c1-10-5-3-7-12(9-10,18-2)11(17)6-4-8-13(14,15)16/h10H,3-9H2,1-2H3. The van der Waals surface area contributed by atoms with Gasteiger partial charge in [0.25, 0.3) is 0 Å². The molecule has 1 rings (SSSR count). The molecule has 0 saturated heterocycles. The lowest BCUT2D eigenvalue weighted by Crippen LogP contribution is -2.44. The smallest absolute Gasteiger partial charge is 0.370 e. The second kappa shape index (κ2) is 6.04. The van der Waals surface area contributed by atoms with E-state index in [0.717, 1.165) is 12.8 Å². The molecule has 0 aromatic heterocycles. The first-order valence-corrected chi connectivity index (χ1v) is 6.44. The average Bonchev–Trinajstić information content (AvgIpc) is 2.27. The maximum Gasteiger partial charge on any atom is 0.389 e. The summed E-state index contributed by atoms with van der Waals surface area (Å²) in [4.78, 5) is 12.1. The zero-order valence-corrected chi connectivity index (χ0v) is 11.0. The van der Waals surface area contributed by atoms with Gasteiger partial charge in [0.2, 0.25) is 0 Å². The topological polar surface area (TPSA) is 26.3 Å². The zero-order chi connectivity index (χ0) is 13.8. The average molecular weight is 266 g/mol. The Morgan fingerprint density at radius 1 is 1.44 bits per heavy atom. The molecule has 1 fully saturated rings. The van der Waals surface area contributed by atoms with E-state index in [1.165, 1.54) is 7.11 Å². The molecule has 1 aliphatic rings. The summed E-state index contributed by atoms with van der Waals surface area (Å²) in [7, 11) is 1.49. The second-order valence-electron chi connectivity index (χ2n) is 5.29. The van der Waals surface area contributed by atoms with Gasteiger partial charge < -0.3 is 4.74 Å². The highest BCUT2D eigenvalue weighted by Crippen LogP contribution is 2.36. The van der Waals surface area contributed by atoms with Crippen LogP contribution in [0.2, 0.25) is 0 Å². The van der Waals surface area contributed by atoms with Crippen LogP contribution in [0.15, 0.2) is 0 Å². The van der Waals surface area contributed by atoms with Crippen LogP contribution < -0.4 is 0 Å². The van der Waals surface area contributed by atoms with E-state index in [9.17, 15) is 18.0 Å². The molecular formula is C13H21F3O2. The Kier molecular flexibility index (Phi) is 5.20. The van der Waals surface area contributed by atoms with E-state index in [-0.39, 0.29) is 18.6 Å². The van der Waals surface area contributed by atoms with Crippen molar-refractivity contribution >= 4 is 5.78 Å². The normalized spacial score (nSPS) is 29.3. The fourth-order valence-corrected chi connectivity index (χ4v) is 2.73. The Morgan fingerprint density at radius 3 is 2.61 bits per heavy atom. The summed E-state index contributed by atoms with van der Waals surface area (Å²) >= 11 is 0. The van der Waals surface area contributed by atoms with Crippen LogP contribution in [0.25, 0.3) is 0 Å². The highest BCUT2D eigenvalue weighted by Gasteiger charge is 2.41. The molecule has 0 aromatic carbocycles. The fraction of sp³-hybridized carbons (Fsp3) is 0.923. The molecule has 0 radical (unpaired) electrons. The summed E-state index contributed by atoms with van der Waals surface area (Å²) in [6.45, 7) is 2.05. The molecule has 2 atom stereocenters. The van der Waals surface area contributed by atoms with E-state index in [1.54, 1.807) is 0 Å². The Morgan fingerprint density at radius 2 is 2.11 bits per heavy atom. The molecule has 1 aliphatic carbocycles. The quantitative estimate of drug-likeness (QED) is 0.754. The lowest BCUT2D eigenvalue weighted by Gasteiger charge is -2.37. The van der Waals surface area contributed by atoms with Crippen LogP contribution in [0.5, 0.6) is 0 Å². The van der Waals surface area contributed by atoms with Crippen LogP contribution in [-0.2, 0) is 9.53 Å². The lowest BCUT2D eigenvalue weighted by molar-refractivity contribution is -0.150. The van der Waals surface area contributed by atoms with Crippen LogP contribution in [0.4, 0.5) is 13.2 Å². The van der Waals surface area contributed by atoms with Crippen molar-refractivity contribution in [1.29, 1.82) is 0 Å². The largest absolute Gasteiger partial charge is 0.389 e. The number of hydrogen-bond acceptors (Lipinski definition) is 2. The minimum atomic E-state index is -4.18. The Labute approximate surface area is 106 Å². The van der Waals surface area contributed by atoms with Crippen molar-refractivity contribution in [2.24, 2.45) is 5.92 Å². The predicted octanol–water partition coefficient (Wildman–Crippen LogP) is 3.88. The Hall–Kier alpha value is -0.580. The van der Waals surface area contributed by atoms with Crippen molar-refractivity contribution in [2.75, 3.05) is 7.11 Å². The van der Waals surface area contributed by atoms with Gasteiger partial charge in [0.1, 0.15) is 5.60 Å². The third-order valence-electron chi connectivity index (χ3n) is 3.72. The number of carbonyl (C=O) groups excluding carboxylic acids is 1. The van der Waals surface area contributed by atoms with E-state index < -0.39 is 18.2 Å². The number of ketones is 1. The molecule has 18 heavy (non-hydrogen) atoms. The van der Waals surface area contributed by atoms with Crippen LogP contribution in [-0.4, -0.2) is 24.7 Å². The fourth-order valence-electron chi connectivity index (χ4n) is 2.73. The molecule has 2 nitrogen and oxygen atoms in total. The van der Waals surface area contributed by atoms with E-state index in [1.807, 2.05) is 0 Å². The second-order valence-corrected chi connectivity index (χ2v) is 5.29. The van der Waals surface area contributed by atoms with Crippen LogP contribution >= 0.6 is 0 Å². The molecule has 0 heterocycles. The minimum Gasteiger partial charge on any atom is -0.370 e. The summed E-state index contributed by atoms with van der Waals surface area (Å²) in [5.74, 6) is 0.228. The van der Waals surface area contributed by atoms with Gasteiger partial charge in [-0.15, -0.1) is 0 Å². The molecule has 0 amide bonds. The van der Waals surface area contributed by atoms with Gasteiger partial charge in [0.15, 0.2) is 5.78 Å². The molecule has 0 bridgehead atoms. The predicted molar refractivity (Wildman–Crippen MR) is 62.3 cm³/mol. The van der Waals surface area contributed by atoms with Crippen molar-refractivity contribution in [3.63, 3.8) is 0 Å². The van der Waals surface area contributed by atoms with Gasteiger partial charge in [-0.1, -0.05) is 13.3 Å². The minimum absolute atomic E-state index is 0.0416. The van der Waals surface area contributed by atoms with Gasteiger partial charge in [-0.3, -0.25) is 4.79 Å².